The van der Waals surface area contributed by atoms with Gasteiger partial charge >= 0.3 is 0 Å². The SMILES string of the molecule is Clc1sccc1/C=N/OC1CCC1. The van der Waals surface area contributed by atoms with Gasteiger partial charge in [0.25, 0.3) is 0 Å². The maximum Gasteiger partial charge on any atom is 0.127 e. The molecule has 0 radical (unpaired) electrons. The lowest BCUT2D eigenvalue weighted by molar-refractivity contribution is 0.00700. The molecule has 0 aliphatic heterocycles. The highest BCUT2D eigenvalue weighted by atomic mass is 35.5. The van der Waals surface area contributed by atoms with Crippen molar-refractivity contribution >= 4 is 29.2 Å². The summed E-state index contributed by atoms with van der Waals surface area (Å²) in [4.78, 5) is 5.22. The zero-order valence-corrected chi connectivity index (χ0v) is 8.64. The molecule has 4 heteroatoms. The second-order valence-corrected chi connectivity index (χ2v) is 4.56. The standard InChI is InChI=1S/C9H10ClNOS/c10-9-7(4-5-13-9)6-11-12-8-2-1-3-8/h4-6,8H,1-3H2/b11-6+. The average Bonchev–Trinajstić information content (AvgIpc) is 2.42. The predicted molar refractivity (Wildman–Crippen MR) is 55.6 cm³/mol. The van der Waals surface area contributed by atoms with E-state index in [1.807, 2.05) is 11.4 Å². The third-order valence-corrected chi connectivity index (χ3v) is 3.30. The van der Waals surface area contributed by atoms with Crippen molar-refractivity contribution in [1.82, 2.24) is 0 Å². The molecule has 1 aromatic rings. The Balaban J connectivity index is 1.86. The van der Waals surface area contributed by atoms with Crippen LogP contribution in [0.2, 0.25) is 4.34 Å². The monoisotopic (exact) mass is 215 g/mol. The molecule has 1 aliphatic rings. The molecular weight excluding hydrogens is 206 g/mol. The first kappa shape index (κ1) is 9.03. The Hall–Kier alpha value is -0.540. The van der Waals surface area contributed by atoms with Crippen LogP contribution in [0.3, 0.4) is 0 Å². The van der Waals surface area contributed by atoms with Crippen LogP contribution in [0.5, 0.6) is 0 Å². The van der Waals surface area contributed by atoms with Crippen LogP contribution in [0, 0.1) is 0 Å². The molecule has 0 amide bonds. The summed E-state index contributed by atoms with van der Waals surface area (Å²) in [5, 5.41) is 5.83. The molecule has 0 N–H and O–H groups in total. The van der Waals surface area contributed by atoms with E-state index < -0.39 is 0 Å². The Morgan fingerprint density at radius 2 is 2.46 bits per heavy atom. The number of halogens is 1. The lowest BCUT2D eigenvalue weighted by Crippen LogP contribution is -2.18. The normalized spacial score (nSPS) is 17.6. The van der Waals surface area contributed by atoms with Crippen molar-refractivity contribution < 1.29 is 4.84 Å². The Morgan fingerprint density at radius 3 is 3.00 bits per heavy atom. The Kier molecular flexibility index (Phi) is 2.86. The highest BCUT2D eigenvalue weighted by molar-refractivity contribution is 7.14. The minimum atomic E-state index is 0.341. The fourth-order valence-corrected chi connectivity index (χ4v) is 1.90. The van der Waals surface area contributed by atoms with E-state index in [9.17, 15) is 0 Å². The number of rotatable bonds is 3. The molecule has 0 atom stereocenters. The molecule has 1 saturated carbocycles. The number of hydrogen-bond donors (Lipinski definition) is 0. The van der Waals surface area contributed by atoms with Gasteiger partial charge in [-0.15, -0.1) is 11.3 Å². The van der Waals surface area contributed by atoms with Crippen molar-refractivity contribution in [3.63, 3.8) is 0 Å². The zero-order valence-electron chi connectivity index (χ0n) is 7.07. The second kappa shape index (κ2) is 4.11. The van der Waals surface area contributed by atoms with E-state index in [-0.39, 0.29) is 0 Å². The molecule has 1 aromatic heterocycles. The van der Waals surface area contributed by atoms with E-state index in [4.69, 9.17) is 16.4 Å². The number of nitrogens with zero attached hydrogens (tertiary/aromatic N) is 1. The lowest BCUT2D eigenvalue weighted by atomic mass is 9.97. The maximum absolute atomic E-state index is 5.87. The van der Waals surface area contributed by atoms with Crippen molar-refractivity contribution in [2.45, 2.75) is 25.4 Å². The van der Waals surface area contributed by atoms with Gasteiger partial charge in [0.2, 0.25) is 0 Å². The molecule has 1 fully saturated rings. The smallest absolute Gasteiger partial charge is 0.127 e. The first-order chi connectivity index (χ1) is 6.36. The summed E-state index contributed by atoms with van der Waals surface area (Å²) in [6.07, 6.45) is 5.55. The topological polar surface area (TPSA) is 21.6 Å². The van der Waals surface area contributed by atoms with Gasteiger partial charge in [-0.2, -0.15) is 0 Å². The van der Waals surface area contributed by atoms with Gasteiger partial charge in [-0.05, 0) is 30.7 Å². The first-order valence-corrected chi connectivity index (χ1v) is 5.54. The molecule has 2 rings (SSSR count). The van der Waals surface area contributed by atoms with Crippen molar-refractivity contribution in [1.29, 1.82) is 0 Å². The van der Waals surface area contributed by atoms with Crippen molar-refractivity contribution in [2.24, 2.45) is 5.16 Å². The number of thiophene rings is 1. The molecular formula is C9H10ClNOS. The van der Waals surface area contributed by atoms with Crippen molar-refractivity contribution in [3.05, 3.63) is 21.3 Å². The minimum Gasteiger partial charge on any atom is -0.392 e. The van der Waals surface area contributed by atoms with Crippen LogP contribution in [0.4, 0.5) is 0 Å². The average molecular weight is 216 g/mol. The van der Waals surface area contributed by atoms with Gasteiger partial charge < -0.3 is 4.84 Å². The van der Waals surface area contributed by atoms with Crippen LogP contribution >= 0.6 is 22.9 Å². The molecule has 1 heterocycles. The van der Waals surface area contributed by atoms with Gasteiger partial charge in [-0.3, -0.25) is 0 Å². The summed E-state index contributed by atoms with van der Waals surface area (Å²) in [5.41, 5.74) is 0.936. The molecule has 1 aliphatic carbocycles. The molecule has 0 aromatic carbocycles. The third kappa shape index (κ3) is 2.23. The molecule has 70 valence electrons. The summed E-state index contributed by atoms with van der Waals surface area (Å²) in [6.45, 7) is 0. The molecule has 0 bridgehead atoms. The van der Waals surface area contributed by atoms with Gasteiger partial charge in [-0.1, -0.05) is 16.8 Å². The van der Waals surface area contributed by atoms with Gasteiger partial charge in [0, 0.05) is 5.56 Å². The highest BCUT2D eigenvalue weighted by Gasteiger charge is 2.18. The second-order valence-electron chi connectivity index (χ2n) is 3.04. The largest absolute Gasteiger partial charge is 0.392 e. The third-order valence-electron chi connectivity index (χ3n) is 2.10. The lowest BCUT2D eigenvalue weighted by Gasteiger charge is -2.22. The molecule has 0 spiro atoms. The Labute approximate surface area is 86.2 Å². The summed E-state index contributed by atoms with van der Waals surface area (Å²) in [7, 11) is 0. The summed E-state index contributed by atoms with van der Waals surface area (Å²) < 4.78 is 0.765. The molecule has 13 heavy (non-hydrogen) atoms. The van der Waals surface area contributed by atoms with Crippen LogP contribution in [0.15, 0.2) is 16.6 Å². The van der Waals surface area contributed by atoms with E-state index in [0.717, 1.165) is 22.7 Å². The van der Waals surface area contributed by atoms with Crippen LogP contribution in [-0.4, -0.2) is 12.3 Å². The van der Waals surface area contributed by atoms with Gasteiger partial charge in [-0.25, -0.2) is 0 Å². The first-order valence-electron chi connectivity index (χ1n) is 4.28. The Bertz CT molecular complexity index is 306. The summed E-state index contributed by atoms with van der Waals surface area (Å²) >= 11 is 7.38. The van der Waals surface area contributed by atoms with Crippen molar-refractivity contribution in [2.75, 3.05) is 0 Å². The minimum absolute atomic E-state index is 0.341. The summed E-state index contributed by atoms with van der Waals surface area (Å²) in [5.74, 6) is 0. The Morgan fingerprint density at radius 1 is 1.62 bits per heavy atom. The zero-order chi connectivity index (χ0) is 9.10. The molecule has 0 unspecified atom stereocenters. The summed E-state index contributed by atoms with van der Waals surface area (Å²) in [6, 6.07) is 1.93. The van der Waals surface area contributed by atoms with Gasteiger partial charge in [0.05, 0.1) is 6.21 Å². The van der Waals surface area contributed by atoms with E-state index in [1.165, 1.54) is 17.8 Å². The number of hydrogen-bond acceptors (Lipinski definition) is 3. The fraction of sp³-hybridized carbons (Fsp3) is 0.444. The number of oxime groups is 1. The van der Waals surface area contributed by atoms with Gasteiger partial charge in [0.15, 0.2) is 0 Å². The van der Waals surface area contributed by atoms with Crippen LogP contribution in [-0.2, 0) is 4.84 Å². The van der Waals surface area contributed by atoms with Crippen LogP contribution in [0.25, 0.3) is 0 Å². The van der Waals surface area contributed by atoms with E-state index in [2.05, 4.69) is 5.16 Å². The maximum atomic E-state index is 5.87. The molecule has 2 nitrogen and oxygen atoms in total. The van der Waals surface area contributed by atoms with E-state index >= 15 is 0 Å². The highest BCUT2D eigenvalue weighted by Crippen LogP contribution is 2.23. The van der Waals surface area contributed by atoms with E-state index in [0.29, 0.717) is 6.10 Å². The molecule has 0 saturated heterocycles. The van der Waals surface area contributed by atoms with Gasteiger partial charge in [0.1, 0.15) is 10.4 Å². The van der Waals surface area contributed by atoms with Crippen LogP contribution in [0.1, 0.15) is 24.8 Å². The predicted octanol–water partition coefficient (Wildman–Crippen LogP) is 3.30. The quantitative estimate of drug-likeness (QED) is 0.560. The van der Waals surface area contributed by atoms with Crippen molar-refractivity contribution in [3.8, 4) is 0 Å². The van der Waals surface area contributed by atoms with Crippen LogP contribution < -0.4 is 0 Å². The fourth-order valence-electron chi connectivity index (χ4n) is 1.04. The van der Waals surface area contributed by atoms with E-state index in [1.54, 1.807) is 6.21 Å².